The molecule has 0 aliphatic carbocycles. The van der Waals surface area contributed by atoms with Gasteiger partial charge >= 0.3 is 23.6 Å². The fourth-order valence-corrected chi connectivity index (χ4v) is 3.37. The van der Waals surface area contributed by atoms with Crippen molar-refractivity contribution in [2.24, 2.45) is 0 Å². The zero-order chi connectivity index (χ0) is 23.2. The Labute approximate surface area is 188 Å². The first-order valence-corrected chi connectivity index (χ1v) is 10.2. The summed E-state index contributed by atoms with van der Waals surface area (Å²) in [6.07, 6.45) is -1.02. The van der Waals surface area contributed by atoms with Crippen molar-refractivity contribution in [3.05, 3.63) is 88.6 Å². The zero-order valence-corrected chi connectivity index (χ0v) is 17.7. The Balaban J connectivity index is 1.51. The van der Waals surface area contributed by atoms with E-state index >= 15 is 0 Å². The number of nitrogens with zero attached hydrogens (tertiary/aromatic N) is 3. The van der Waals surface area contributed by atoms with Gasteiger partial charge in [-0.05, 0) is 24.3 Å². The van der Waals surface area contributed by atoms with Crippen molar-refractivity contribution < 1.29 is 28.5 Å². The molecule has 170 valence electrons. The van der Waals surface area contributed by atoms with Crippen LogP contribution in [0.25, 0.3) is 0 Å². The number of esters is 2. The summed E-state index contributed by atoms with van der Waals surface area (Å²) in [6, 6.07) is 16.9. The Morgan fingerprint density at radius 2 is 1.67 bits per heavy atom. The van der Waals surface area contributed by atoms with Gasteiger partial charge in [0, 0.05) is 6.42 Å². The van der Waals surface area contributed by atoms with Crippen LogP contribution in [0.1, 0.15) is 33.4 Å². The van der Waals surface area contributed by atoms with Crippen LogP contribution in [0.3, 0.4) is 0 Å². The Morgan fingerprint density at radius 3 is 2.27 bits per heavy atom. The van der Waals surface area contributed by atoms with Crippen LogP contribution in [0.2, 0.25) is 0 Å². The van der Waals surface area contributed by atoms with Crippen molar-refractivity contribution in [2.75, 3.05) is 13.7 Å². The van der Waals surface area contributed by atoms with Crippen molar-refractivity contribution in [1.82, 2.24) is 14.5 Å². The highest BCUT2D eigenvalue weighted by atomic mass is 16.6. The molecule has 0 saturated carbocycles. The van der Waals surface area contributed by atoms with Crippen LogP contribution in [0.5, 0.6) is 6.01 Å². The van der Waals surface area contributed by atoms with E-state index in [2.05, 4.69) is 9.97 Å². The third-order valence-electron chi connectivity index (χ3n) is 5.03. The second kappa shape index (κ2) is 10.0. The lowest BCUT2D eigenvalue weighted by Crippen LogP contribution is -2.32. The van der Waals surface area contributed by atoms with Gasteiger partial charge in [0.25, 0.3) is 0 Å². The summed E-state index contributed by atoms with van der Waals surface area (Å²) in [7, 11) is 1.35. The Bertz CT molecular complexity index is 1170. The number of hydrogen-bond acceptors (Lipinski definition) is 9. The smallest absolute Gasteiger partial charge is 0.355 e. The van der Waals surface area contributed by atoms with E-state index in [9.17, 15) is 14.4 Å². The minimum Gasteiger partial charge on any atom is -0.467 e. The third kappa shape index (κ3) is 5.24. The Morgan fingerprint density at radius 1 is 1.03 bits per heavy atom. The highest BCUT2D eigenvalue weighted by Crippen LogP contribution is 2.31. The maximum absolute atomic E-state index is 12.6. The maximum atomic E-state index is 12.6. The summed E-state index contributed by atoms with van der Waals surface area (Å²) in [5, 5.41) is 0. The van der Waals surface area contributed by atoms with Crippen LogP contribution in [0, 0.1) is 0 Å². The summed E-state index contributed by atoms with van der Waals surface area (Å²) in [5.41, 5.74) is 0.109. The van der Waals surface area contributed by atoms with Gasteiger partial charge in [0.2, 0.25) is 0 Å². The van der Waals surface area contributed by atoms with Crippen LogP contribution >= 0.6 is 0 Å². The summed E-state index contributed by atoms with van der Waals surface area (Å²) < 4.78 is 23.0. The van der Waals surface area contributed by atoms with Gasteiger partial charge in [-0.15, -0.1) is 4.98 Å². The minimum atomic E-state index is -0.822. The standard InChI is InChI=1S/C23H21N3O7/c1-30-22-24-14-26(23(29)25-22)19-12-17(33-21(28)16-10-6-3-7-11-16)18(32-19)13-31-20(27)15-8-4-2-5-9-15/h2-11,14,17-19H,12-13H2,1H3/t17-,18+,19+/m0/s1. The van der Waals surface area contributed by atoms with Gasteiger partial charge in [0.1, 0.15) is 31.4 Å². The van der Waals surface area contributed by atoms with E-state index in [-0.39, 0.29) is 19.0 Å². The predicted molar refractivity (Wildman–Crippen MR) is 114 cm³/mol. The van der Waals surface area contributed by atoms with Gasteiger partial charge in [-0.1, -0.05) is 36.4 Å². The average Bonchev–Trinajstić information content (AvgIpc) is 3.25. The lowest BCUT2D eigenvalue weighted by atomic mass is 10.1. The van der Waals surface area contributed by atoms with Crippen LogP contribution in [0.4, 0.5) is 0 Å². The first-order valence-electron chi connectivity index (χ1n) is 10.2. The van der Waals surface area contributed by atoms with E-state index in [1.54, 1.807) is 60.7 Å². The summed E-state index contributed by atoms with van der Waals surface area (Å²) in [4.78, 5) is 45.0. The quantitative estimate of drug-likeness (QED) is 0.497. The molecule has 1 saturated heterocycles. The van der Waals surface area contributed by atoms with Crippen LogP contribution < -0.4 is 10.4 Å². The minimum absolute atomic E-state index is 0.0744. The highest BCUT2D eigenvalue weighted by Gasteiger charge is 2.40. The predicted octanol–water partition coefficient (Wildman–Crippen LogP) is 2.02. The lowest BCUT2D eigenvalue weighted by Gasteiger charge is -2.19. The van der Waals surface area contributed by atoms with Gasteiger partial charge in [0.05, 0.1) is 18.2 Å². The van der Waals surface area contributed by atoms with E-state index < -0.39 is 36.1 Å². The summed E-state index contributed by atoms with van der Waals surface area (Å²) in [5.74, 6) is -1.09. The summed E-state index contributed by atoms with van der Waals surface area (Å²) in [6.45, 7) is -0.178. The molecular weight excluding hydrogens is 430 g/mol. The Hall–Kier alpha value is -4.05. The fourth-order valence-electron chi connectivity index (χ4n) is 3.37. The molecule has 2 aromatic carbocycles. The number of rotatable bonds is 7. The molecule has 10 heteroatoms. The first-order chi connectivity index (χ1) is 16.0. The zero-order valence-electron chi connectivity index (χ0n) is 17.7. The van der Waals surface area contributed by atoms with Crippen molar-refractivity contribution in [1.29, 1.82) is 0 Å². The van der Waals surface area contributed by atoms with Gasteiger partial charge in [-0.3, -0.25) is 4.57 Å². The van der Waals surface area contributed by atoms with E-state index in [4.69, 9.17) is 18.9 Å². The molecule has 1 aliphatic rings. The second-order valence-corrected chi connectivity index (χ2v) is 7.17. The number of carbonyl (C=O) groups is 2. The first kappa shape index (κ1) is 22.2. The van der Waals surface area contributed by atoms with E-state index in [0.717, 1.165) is 0 Å². The molecule has 0 bridgehead atoms. The largest absolute Gasteiger partial charge is 0.467 e. The number of methoxy groups -OCH3 is 1. The SMILES string of the molecule is COc1ncn([C@H]2C[C@H](OC(=O)c3ccccc3)[C@@H](COC(=O)c3ccccc3)O2)c(=O)n1. The van der Waals surface area contributed by atoms with Crippen LogP contribution in [0.15, 0.2) is 71.8 Å². The average molecular weight is 451 g/mol. The molecule has 10 nitrogen and oxygen atoms in total. The fraction of sp³-hybridized carbons (Fsp3) is 0.261. The number of hydrogen-bond donors (Lipinski definition) is 0. The number of ether oxygens (including phenoxy) is 4. The highest BCUT2D eigenvalue weighted by molar-refractivity contribution is 5.90. The number of aromatic nitrogens is 3. The van der Waals surface area contributed by atoms with Gasteiger partial charge in [0.15, 0.2) is 0 Å². The molecule has 3 aromatic rings. The topological polar surface area (TPSA) is 119 Å². The van der Waals surface area contributed by atoms with Crippen molar-refractivity contribution in [3.8, 4) is 6.01 Å². The van der Waals surface area contributed by atoms with Crippen molar-refractivity contribution >= 4 is 11.9 Å². The number of carbonyl (C=O) groups excluding carboxylic acids is 2. The van der Waals surface area contributed by atoms with E-state index in [1.165, 1.54) is 18.0 Å². The number of benzene rings is 2. The van der Waals surface area contributed by atoms with E-state index in [0.29, 0.717) is 11.1 Å². The van der Waals surface area contributed by atoms with Crippen LogP contribution in [-0.4, -0.2) is 52.4 Å². The molecule has 3 atom stereocenters. The molecule has 4 rings (SSSR count). The lowest BCUT2D eigenvalue weighted by molar-refractivity contribution is -0.0585. The third-order valence-corrected chi connectivity index (χ3v) is 5.03. The van der Waals surface area contributed by atoms with Gasteiger partial charge < -0.3 is 18.9 Å². The van der Waals surface area contributed by atoms with Gasteiger partial charge in [-0.2, -0.15) is 4.98 Å². The molecule has 1 aromatic heterocycles. The molecule has 0 amide bonds. The molecule has 1 fully saturated rings. The molecule has 0 N–H and O–H groups in total. The molecule has 33 heavy (non-hydrogen) atoms. The normalized spacial score (nSPS) is 19.6. The molecule has 1 aliphatic heterocycles. The molecule has 0 spiro atoms. The monoisotopic (exact) mass is 451 g/mol. The molecule has 0 unspecified atom stereocenters. The van der Waals surface area contributed by atoms with Crippen molar-refractivity contribution in [2.45, 2.75) is 24.9 Å². The molecular formula is C23H21N3O7. The molecule has 0 radical (unpaired) electrons. The van der Waals surface area contributed by atoms with Crippen LogP contribution in [-0.2, 0) is 14.2 Å². The summed E-state index contributed by atoms with van der Waals surface area (Å²) >= 11 is 0. The Kier molecular flexibility index (Phi) is 6.75. The molecule has 2 heterocycles. The van der Waals surface area contributed by atoms with Crippen molar-refractivity contribution in [3.63, 3.8) is 0 Å². The maximum Gasteiger partial charge on any atom is 0.355 e. The van der Waals surface area contributed by atoms with Gasteiger partial charge in [-0.25, -0.2) is 14.4 Å². The second-order valence-electron chi connectivity index (χ2n) is 7.17. The van der Waals surface area contributed by atoms with E-state index in [1.807, 2.05) is 0 Å².